The number of methoxy groups -OCH3 is 1. The van der Waals surface area contributed by atoms with E-state index in [0.717, 1.165) is 26.5 Å². The fourth-order valence-corrected chi connectivity index (χ4v) is 4.74. The first kappa shape index (κ1) is 22.2. The molecule has 1 aliphatic rings. The monoisotopic (exact) mass is 472 g/mol. The number of ether oxygens (including phenoxy) is 3. The molecule has 1 atom stereocenters. The van der Waals surface area contributed by atoms with Crippen LogP contribution in [0.25, 0.3) is 0 Å². The third kappa shape index (κ3) is 5.83. The van der Waals surface area contributed by atoms with Crippen LogP contribution in [0.1, 0.15) is 5.56 Å². The number of nitrogens with one attached hydrogen (secondary N) is 1. The standard InChI is InChI=1S/C22H24N4O4S2/c1-26(12-17-13-29-18-5-3-4-6-19(18)30-17)20(27)14-31-22-25-24-21(32-22)23-11-15-7-9-16(28-2)10-8-15/h3-10,17H,11-14H2,1-2H3,(H,23,24). The van der Waals surface area contributed by atoms with E-state index in [1.165, 1.54) is 23.1 Å². The summed E-state index contributed by atoms with van der Waals surface area (Å²) in [6.45, 7) is 1.51. The lowest BCUT2D eigenvalue weighted by Gasteiger charge is -2.29. The molecule has 1 aliphatic heterocycles. The highest BCUT2D eigenvalue weighted by Gasteiger charge is 2.23. The van der Waals surface area contributed by atoms with Crippen LogP contribution >= 0.6 is 23.1 Å². The molecule has 0 radical (unpaired) electrons. The first-order valence-electron chi connectivity index (χ1n) is 10.1. The maximum absolute atomic E-state index is 12.5. The van der Waals surface area contributed by atoms with Crippen LogP contribution in [0.2, 0.25) is 0 Å². The van der Waals surface area contributed by atoms with Crippen molar-refractivity contribution in [3.8, 4) is 17.2 Å². The van der Waals surface area contributed by atoms with Crippen LogP contribution in [0.3, 0.4) is 0 Å². The third-order valence-electron chi connectivity index (χ3n) is 4.80. The van der Waals surface area contributed by atoms with Crippen molar-refractivity contribution in [3.05, 3.63) is 54.1 Å². The van der Waals surface area contributed by atoms with Gasteiger partial charge in [-0.15, -0.1) is 10.2 Å². The predicted molar refractivity (Wildman–Crippen MR) is 125 cm³/mol. The number of likely N-dealkylation sites (N-methyl/N-ethyl adjacent to an activating group) is 1. The fourth-order valence-electron chi connectivity index (χ4n) is 3.05. The molecular formula is C22H24N4O4S2. The van der Waals surface area contributed by atoms with Gasteiger partial charge < -0.3 is 24.4 Å². The van der Waals surface area contributed by atoms with Gasteiger partial charge in [0.15, 0.2) is 21.9 Å². The zero-order valence-electron chi connectivity index (χ0n) is 17.8. The van der Waals surface area contributed by atoms with Crippen molar-refractivity contribution < 1.29 is 19.0 Å². The Balaban J connectivity index is 1.20. The van der Waals surface area contributed by atoms with E-state index in [1.807, 2.05) is 48.5 Å². The van der Waals surface area contributed by atoms with E-state index < -0.39 is 0 Å². The van der Waals surface area contributed by atoms with Crippen LogP contribution < -0.4 is 19.5 Å². The van der Waals surface area contributed by atoms with E-state index in [0.29, 0.717) is 25.4 Å². The van der Waals surface area contributed by atoms with Gasteiger partial charge in [-0.2, -0.15) is 0 Å². The quantitative estimate of drug-likeness (QED) is 0.473. The molecule has 4 rings (SSSR count). The van der Waals surface area contributed by atoms with E-state index in [-0.39, 0.29) is 17.8 Å². The number of aromatic nitrogens is 2. The number of para-hydroxylation sites is 2. The second-order valence-electron chi connectivity index (χ2n) is 7.14. The number of hydrogen-bond acceptors (Lipinski definition) is 9. The Bertz CT molecular complexity index is 1040. The van der Waals surface area contributed by atoms with Crippen LogP contribution in [0, 0.1) is 0 Å². The van der Waals surface area contributed by atoms with Gasteiger partial charge in [0.05, 0.1) is 19.4 Å². The van der Waals surface area contributed by atoms with Gasteiger partial charge in [-0.25, -0.2) is 0 Å². The van der Waals surface area contributed by atoms with Crippen molar-refractivity contribution in [1.82, 2.24) is 15.1 Å². The molecule has 8 nitrogen and oxygen atoms in total. The van der Waals surface area contributed by atoms with E-state index in [9.17, 15) is 4.79 Å². The Kier molecular flexibility index (Phi) is 7.33. The molecule has 1 aromatic heterocycles. The summed E-state index contributed by atoms with van der Waals surface area (Å²) in [4.78, 5) is 14.2. The maximum Gasteiger partial charge on any atom is 0.232 e. The molecule has 2 aromatic carbocycles. The van der Waals surface area contributed by atoms with Crippen LogP contribution in [-0.4, -0.2) is 60.2 Å². The smallest absolute Gasteiger partial charge is 0.232 e. The second-order valence-corrected chi connectivity index (χ2v) is 9.34. The Hall–Kier alpha value is -2.98. The molecule has 3 aromatic rings. The predicted octanol–water partition coefficient (Wildman–Crippen LogP) is 3.55. The van der Waals surface area contributed by atoms with Crippen molar-refractivity contribution in [1.29, 1.82) is 0 Å². The number of benzene rings is 2. The molecule has 32 heavy (non-hydrogen) atoms. The number of carbonyl (C=O) groups is 1. The topological polar surface area (TPSA) is 85.8 Å². The molecule has 0 saturated carbocycles. The van der Waals surface area contributed by atoms with Crippen LogP contribution in [0.5, 0.6) is 17.2 Å². The first-order valence-corrected chi connectivity index (χ1v) is 11.9. The van der Waals surface area contributed by atoms with Gasteiger partial charge in [-0.3, -0.25) is 4.79 Å². The van der Waals surface area contributed by atoms with Crippen molar-refractivity contribution in [2.24, 2.45) is 0 Å². The van der Waals surface area contributed by atoms with Gasteiger partial charge in [0.1, 0.15) is 12.4 Å². The van der Waals surface area contributed by atoms with Crippen LogP contribution in [0.15, 0.2) is 52.9 Å². The summed E-state index contributed by atoms with van der Waals surface area (Å²) >= 11 is 2.81. The molecule has 0 fully saturated rings. The Labute approximate surface area is 194 Å². The average Bonchev–Trinajstić information content (AvgIpc) is 3.29. The summed E-state index contributed by atoms with van der Waals surface area (Å²) in [7, 11) is 3.42. The summed E-state index contributed by atoms with van der Waals surface area (Å²) in [5.41, 5.74) is 1.11. The minimum Gasteiger partial charge on any atom is -0.497 e. The Morgan fingerprint density at radius 3 is 2.78 bits per heavy atom. The number of hydrogen-bond donors (Lipinski definition) is 1. The SMILES string of the molecule is COc1ccc(CNc2nnc(SCC(=O)N(C)CC3COc4ccccc4O3)s2)cc1. The summed E-state index contributed by atoms with van der Waals surface area (Å²) in [5, 5.41) is 12.3. The van der Waals surface area contributed by atoms with Crippen molar-refractivity contribution in [3.63, 3.8) is 0 Å². The van der Waals surface area contributed by atoms with E-state index in [2.05, 4.69) is 15.5 Å². The number of amides is 1. The molecule has 1 unspecified atom stereocenters. The number of fused-ring (bicyclic) bond motifs is 1. The highest BCUT2D eigenvalue weighted by atomic mass is 32.2. The number of rotatable bonds is 9. The van der Waals surface area contributed by atoms with Gasteiger partial charge in [-0.1, -0.05) is 47.4 Å². The minimum atomic E-state index is -0.195. The summed E-state index contributed by atoms with van der Waals surface area (Å²) < 4.78 is 17.6. The first-order chi connectivity index (χ1) is 15.6. The highest BCUT2D eigenvalue weighted by Crippen LogP contribution is 2.31. The largest absolute Gasteiger partial charge is 0.497 e. The lowest BCUT2D eigenvalue weighted by Crippen LogP contribution is -2.42. The summed E-state index contributed by atoms with van der Waals surface area (Å²) in [6.07, 6.45) is -0.195. The zero-order chi connectivity index (χ0) is 22.3. The van der Waals surface area contributed by atoms with Gasteiger partial charge in [0.2, 0.25) is 11.0 Å². The number of anilines is 1. The lowest BCUT2D eigenvalue weighted by atomic mass is 10.2. The molecule has 0 spiro atoms. The second kappa shape index (κ2) is 10.6. The Morgan fingerprint density at radius 2 is 2.00 bits per heavy atom. The Morgan fingerprint density at radius 1 is 1.22 bits per heavy atom. The van der Waals surface area contributed by atoms with Crippen LogP contribution in [0.4, 0.5) is 5.13 Å². The number of thioether (sulfide) groups is 1. The fraction of sp³-hybridized carbons (Fsp3) is 0.318. The average molecular weight is 473 g/mol. The number of nitrogens with zero attached hydrogens (tertiary/aromatic N) is 3. The molecule has 10 heteroatoms. The summed E-state index contributed by atoms with van der Waals surface area (Å²) in [5.74, 6) is 2.56. The van der Waals surface area contributed by atoms with Crippen LogP contribution in [-0.2, 0) is 11.3 Å². The molecule has 0 bridgehead atoms. The molecule has 0 saturated heterocycles. The molecule has 1 amide bonds. The van der Waals surface area contributed by atoms with E-state index in [4.69, 9.17) is 14.2 Å². The van der Waals surface area contributed by atoms with Crippen molar-refractivity contribution >= 4 is 34.1 Å². The van der Waals surface area contributed by atoms with E-state index in [1.54, 1.807) is 19.1 Å². The number of carbonyl (C=O) groups excluding carboxylic acids is 1. The van der Waals surface area contributed by atoms with Gasteiger partial charge in [0.25, 0.3) is 0 Å². The van der Waals surface area contributed by atoms with Crippen molar-refractivity contribution in [2.75, 3.05) is 38.4 Å². The molecule has 2 heterocycles. The van der Waals surface area contributed by atoms with Gasteiger partial charge in [-0.05, 0) is 29.8 Å². The molecule has 0 aliphatic carbocycles. The molecule has 168 valence electrons. The lowest BCUT2D eigenvalue weighted by molar-refractivity contribution is -0.128. The maximum atomic E-state index is 12.5. The third-order valence-corrected chi connectivity index (χ3v) is 6.80. The minimum absolute atomic E-state index is 0.000371. The normalized spacial score (nSPS) is 14.6. The van der Waals surface area contributed by atoms with Crippen molar-refractivity contribution in [2.45, 2.75) is 17.0 Å². The van der Waals surface area contributed by atoms with Gasteiger partial charge in [0, 0.05) is 13.6 Å². The van der Waals surface area contributed by atoms with Gasteiger partial charge >= 0.3 is 0 Å². The highest BCUT2D eigenvalue weighted by molar-refractivity contribution is 8.01. The zero-order valence-corrected chi connectivity index (χ0v) is 19.4. The molecular weight excluding hydrogens is 448 g/mol. The molecule has 1 N–H and O–H groups in total. The van der Waals surface area contributed by atoms with E-state index >= 15 is 0 Å². The summed E-state index contributed by atoms with van der Waals surface area (Å²) in [6, 6.07) is 15.4.